The van der Waals surface area contributed by atoms with Crippen LogP contribution in [0.5, 0.6) is 0 Å². The summed E-state index contributed by atoms with van der Waals surface area (Å²) in [6.07, 6.45) is 5.44. The fourth-order valence-electron chi connectivity index (χ4n) is 1.77. The summed E-state index contributed by atoms with van der Waals surface area (Å²) >= 11 is 0. The Bertz CT molecular complexity index is 606. The van der Waals surface area contributed by atoms with Gasteiger partial charge in [-0.25, -0.2) is 4.79 Å². The van der Waals surface area contributed by atoms with E-state index >= 15 is 0 Å². The zero-order valence-electron chi connectivity index (χ0n) is 9.67. The first kappa shape index (κ1) is 10.9. The summed E-state index contributed by atoms with van der Waals surface area (Å²) in [7, 11) is 0. The Morgan fingerprint density at radius 1 is 1.44 bits per heavy atom. The maximum Gasteiger partial charge on any atom is 0.437 e. The number of rotatable bonds is 3. The van der Waals surface area contributed by atoms with Crippen molar-refractivity contribution in [2.24, 2.45) is 0 Å². The molecule has 1 aliphatic rings. The third-order valence-corrected chi connectivity index (χ3v) is 2.65. The van der Waals surface area contributed by atoms with Crippen molar-refractivity contribution < 1.29 is 13.6 Å². The highest BCUT2D eigenvalue weighted by molar-refractivity contribution is 5.42. The van der Waals surface area contributed by atoms with Crippen LogP contribution in [0.25, 0.3) is 11.7 Å². The number of furan rings is 1. The number of allylic oxidation sites excluding steroid dienone is 2. The molecule has 0 radical (unpaired) electrons. The standard InChI is InChI=1S/C12H12N2O4/c15-12-14(8-9-4-1-2-6-16-9)13-11(18-12)10-5-3-7-17-10/h3-5,7H,1-2,6,8H2. The second kappa shape index (κ2) is 4.56. The monoisotopic (exact) mass is 248 g/mol. The van der Waals surface area contributed by atoms with Gasteiger partial charge < -0.3 is 13.6 Å². The van der Waals surface area contributed by atoms with Crippen LogP contribution in [-0.2, 0) is 11.3 Å². The van der Waals surface area contributed by atoms with Gasteiger partial charge in [0.05, 0.1) is 12.9 Å². The largest absolute Gasteiger partial charge is 0.496 e. The Hall–Kier alpha value is -2.24. The van der Waals surface area contributed by atoms with Gasteiger partial charge in [-0.3, -0.25) is 0 Å². The molecule has 94 valence electrons. The topological polar surface area (TPSA) is 70.4 Å². The van der Waals surface area contributed by atoms with E-state index in [1.807, 2.05) is 6.08 Å². The van der Waals surface area contributed by atoms with E-state index in [1.54, 1.807) is 12.1 Å². The van der Waals surface area contributed by atoms with Crippen LogP contribution >= 0.6 is 0 Å². The molecule has 2 aromatic heterocycles. The van der Waals surface area contributed by atoms with E-state index in [1.165, 1.54) is 10.9 Å². The maximum atomic E-state index is 11.6. The molecule has 6 heteroatoms. The van der Waals surface area contributed by atoms with Crippen LogP contribution in [0.15, 0.2) is 43.9 Å². The number of aromatic nitrogens is 2. The van der Waals surface area contributed by atoms with E-state index in [0.717, 1.165) is 18.6 Å². The van der Waals surface area contributed by atoms with Crippen LogP contribution in [0.1, 0.15) is 12.8 Å². The molecule has 2 aromatic rings. The third kappa shape index (κ3) is 2.09. The molecule has 0 unspecified atom stereocenters. The molecule has 18 heavy (non-hydrogen) atoms. The molecule has 0 fully saturated rings. The molecule has 0 aliphatic carbocycles. The van der Waals surface area contributed by atoms with Gasteiger partial charge >= 0.3 is 5.76 Å². The van der Waals surface area contributed by atoms with E-state index < -0.39 is 5.76 Å². The van der Waals surface area contributed by atoms with E-state index in [2.05, 4.69) is 5.10 Å². The predicted octanol–water partition coefficient (Wildman–Crippen LogP) is 1.79. The Morgan fingerprint density at radius 3 is 3.11 bits per heavy atom. The first-order chi connectivity index (χ1) is 8.83. The Balaban J connectivity index is 1.85. The van der Waals surface area contributed by atoms with Gasteiger partial charge in [-0.2, -0.15) is 4.68 Å². The molecule has 0 spiro atoms. The van der Waals surface area contributed by atoms with Crippen LogP contribution in [0.3, 0.4) is 0 Å². The molecule has 0 aromatic carbocycles. The molecule has 0 saturated carbocycles. The van der Waals surface area contributed by atoms with E-state index in [9.17, 15) is 4.79 Å². The second-order valence-corrected chi connectivity index (χ2v) is 3.97. The average Bonchev–Trinajstić information content (AvgIpc) is 3.01. The maximum absolute atomic E-state index is 11.6. The molecule has 1 aliphatic heterocycles. The highest BCUT2D eigenvalue weighted by atomic mass is 16.5. The Morgan fingerprint density at radius 2 is 2.39 bits per heavy atom. The average molecular weight is 248 g/mol. The number of hydrogen-bond acceptors (Lipinski definition) is 5. The lowest BCUT2D eigenvalue weighted by atomic mass is 10.2. The van der Waals surface area contributed by atoms with Crippen molar-refractivity contribution in [3.05, 3.63) is 40.8 Å². The number of hydrogen-bond donors (Lipinski definition) is 0. The molecule has 0 amide bonds. The molecular weight excluding hydrogens is 236 g/mol. The Kier molecular flexibility index (Phi) is 2.76. The fourth-order valence-corrected chi connectivity index (χ4v) is 1.77. The van der Waals surface area contributed by atoms with Crippen molar-refractivity contribution in [1.82, 2.24) is 9.78 Å². The lowest BCUT2D eigenvalue weighted by Crippen LogP contribution is -2.19. The van der Waals surface area contributed by atoms with Crippen molar-refractivity contribution in [2.75, 3.05) is 6.61 Å². The molecule has 0 bridgehead atoms. The summed E-state index contributed by atoms with van der Waals surface area (Å²) in [5.41, 5.74) is 0. The lowest BCUT2D eigenvalue weighted by Gasteiger charge is -2.13. The molecule has 0 N–H and O–H groups in total. The normalized spacial score (nSPS) is 15.2. The van der Waals surface area contributed by atoms with E-state index in [4.69, 9.17) is 13.6 Å². The van der Waals surface area contributed by atoms with Gasteiger partial charge in [0, 0.05) is 0 Å². The van der Waals surface area contributed by atoms with E-state index in [-0.39, 0.29) is 5.89 Å². The van der Waals surface area contributed by atoms with Crippen molar-refractivity contribution in [3.8, 4) is 11.7 Å². The first-order valence-electron chi connectivity index (χ1n) is 5.76. The van der Waals surface area contributed by atoms with Gasteiger partial charge in [-0.05, 0) is 31.1 Å². The summed E-state index contributed by atoms with van der Waals surface area (Å²) in [5.74, 6) is 0.852. The number of ether oxygens (including phenoxy) is 1. The van der Waals surface area contributed by atoms with Crippen LogP contribution in [-0.4, -0.2) is 16.4 Å². The summed E-state index contributed by atoms with van der Waals surface area (Å²) in [6.45, 7) is 0.979. The van der Waals surface area contributed by atoms with Gasteiger partial charge in [0.1, 0.15) is 12.3 Å². The van der Waals surface area contributed by atoms with Crippen molar-refractivity contribution >= 4 is 0 Å². The molecule has 3 rings (SSSR count). The molecule has 0 saturated heterocycles. The fraction of sp³-hybridized carbons (Fsp3) is 0.333. The van der Waals surface area contributed by atoms with Gasteiger partial charge in [0.25, 0.3) is 5.89 Å². The van der Waals surface area contributed by atoms with Crippen molar-refractivity contribution in [1.29, 1.82) is 0 Å². The number of nitrogens with zero attached hydrogens (tertiary/aromatic N) is 2. The molecule has 3 heterocycles. The van der Waals surface area contributed by atoms with Crippen LogP contribution in [0.2, 0.25) is 0 Å². The summed E-state index contributed by atoms with van der Waals surface area (Å²) in [5, 5.41) is 4.07. The zero-order valence-corrected chi connectivity index (χ0v) is 9.67. The van der Waals surface area contributed by atoms with Gasteiger partial charge in [0.15, 0.2) is 5.76 Å². The lowest BCUT2D eigenvalue weighted by molar-refractivity contribution is 0.176. The summed E-state index contributed by atoms with van der Waals surface area (Å²) < 4.78 is 16.8. The molecular formula is C12H12N2O4. The SMILES string of the molecule is O=c1oc(-c2ccco2)nn1CC1=CCCCO1. The minimum atomic E-state index is -0.517. The zero-order chi connectivity index (χ0) is 12.4. The van der Waals surface area contributed by atoms with Gasteiger partial charge in [-0.1, -0.05) is 0 Å². The minimum Gasteiger partial charge on any atom is -0.496 e. The minimum absolute atomic E-state index is 0.182. The van der Waals surface area contributed by atoms with Gasteiger partial charge in [-0.15, -0.1) is 5.10 Å². The van der Waals surface area contributed by atoms with Gasteiger partial charge in [0.2, 0.25) is 0 Å². The van der Waals surface area contributed by atoms with Crippen LogP contribution in [0, 0.1) is 0 Å². The Labute approximate surface area is 102 Å². The first-order valence-corrected chi connectivity index (χ1v) is 5.76. The van der Waals surface area contributed by atoms with Crippen LogP contribution < -0.4 is 5.76 Å². The van der Waals surface area contributed by atoms with Crippen LogP contribution in [0.4, 0.5) is 0 Å². The second-order valence-electron chi connectivity index (χ2n) is 3.97. The third-order valence-electron chi connectivity index (χ3n) is 2.65. The smallest absolute Gasteiger partial charge is 0.437 e. The highest BCUT2D eigenvalue weighted by Gasteiger charge is 2.14. The van der Waals surface area contributed by atoms with E-state index in [0.29, 0.717) is 18.9 Å². The molecule has 6 nitrogen and oxygen atoms in total. The summed E-state index contributed by atoms with van der Waals surface area (Å²) in [4.78, 5) is 11.6. The van der Waals surface area contributed by atoms with Crippen molar-refractivity contribution in [3.63, 3.8) is 0 Å². The molecule has 0 atom stereocenters. The quantitative estimate of drug-likeness (QED) is 0.828. The summed E-state index contributed by atoms with van der Waals surface area (Å²) in [6, 6.07) is 3.40. The highest BCUT2D eigenvalue weighted by Crippen LogP contribution is 2.16. The van der Waals surface area contributed by atoms with Crippen molar-refractivity contribution in [2.45, 2.75) is 19.4 Å². The predicted molar refractivity (Wildman–Crippen MR) is 61.7 cm³/mol.